The smallest absolute Gasteiger partial charge is 0.275 e. The first-order chi connectivity index (χ1) is 10.6. The van der Waals surface area contributed by atoms with E-state index in [1.54, 1.807) is 24.3 Å². The van der Waals surface area contributed by atoms with E-state index < -0.39 is 5.91 Å². The van der Waals surface area contributed by atoms with Crippen LogP contribution in [0.2, 0.25) is 0 Å². The average molecular weight is 363 g/mol. The summed E-state index contributed by atoms with van der Waals surface area (Å²) in [5.74, 6) is 0.704. The van der Waals surface area contributed by atoms with Crippen LogP contribution in [0.1, 0.15) is 15.9 Å². The quantitative estimate of drug-likeness (QED) is 0.649. The largest absolute Gasteiger partial charge is 0.507 e. The lowest BCUT2D eigenvalue weighted by Crippen LogP contribution is -2.17. The van der Waals surface area contributed by atoms with Gasteiger partial charge in [0.05, 0.1) is 11.8 Å². The molecule has 2 aromatic rings. The minimum absolute atomic E-state index is 0.112. The zero-order valence-electron chi connectivity index (χ0n) is 11.2. The van der Waals surface area contributed by atoms with Gasteiger partial charge >= 0.3 is 0 Å². The SMILES string of the molecule is O=C(N/N=C\c1ccc2c(c1)OCO2)c1cc(Br)ccc1O. The Kier molecular flexibility index (Phi) is 3.97. The van der Waals surface area contributed by atoms with Crippen molar-refractivity contribution in [1.82, 2.24) is 5.43 Å². The van der Waals surface area contributed by atoms with Gasteiger partial charge in [0.25, 0.3) is 5.91 Å². The number of fused-ring (bicyclic) bond motifs is 1. The van der Waals surface area contributed by atoms with Crippen LogP contribution in [-0.4, -0.2) is 24.0 Å². The molecule has 6 nitrogen and oxygen atoms in total. The molecule has 7 heteroatoms. The van der Waals surface area contributed by atoms with Crippen molar-refractivity contribution in [2.45, 2.75) is 0 Å². The van der Waals surface area contributed by atoms with Gasteiger partial charge in [-0.3, -0.25) is 4.79 Å². The fourth-order valence-corrected chi connectivity index (χ4v) is 2.27. The maximum absolute atomic E-state index is 11.9. The second-order valence-corrected chi connectivity index (χ2v) is 5.39. The van der Waals surface area contributed by atoms with Gasteiger partial charge in [-0.05, 0) is 42.0 Å². The van der Waals surface area contributed by atoms with Gasteiger partial charge in [-0.2, -0.15) is 5.10 Å². The van der Waals surface area contributed by atoms with E-state index in [1.807, 2.05) is 0 Å². The maximum atomic E-state index is 11.9. The summed E-state index contributed by atoms with van der Waals surface area (Å²) in [5.41, 5.74) is 3.25. The number of hydrogen-bond donors (Lipinski definition) is 2. The summed E-state index contributed by atoms with van der Waals surface area (Å²) in [6, 6.07) is 9.91. The van der Waals surface area contributed by atoms with E-state index in [-0.39, 0.29) is 18.1 Å². The molecular formula is C15H11BrN2O4. The Balaban J connectivity index is 1.69. The predicted molar refractivity (Wildman–Crippen MR) is 83.4 cm³/mol. The molecule has 0 fully saturated rings. The van der Waals surface area contributed by atoms with Crippen molar-refractivity contribution < 1.29 is 19.4 Å². The molecule has 0 radical (unpaired) electrons. The molecule has 3 rings (SSSR count). The van der Waals surface area contributed by atoms with Gasteiger partial charge in [-0.1, -0.05) is 15.9 Å². The van der Waals surface area contributed by atoms with Gasteiger partial charge in [-0.25, -0.2) is 5.43 Å². The molecule has 0 spiro atoms. The van der Waals surface area contributed by atoms with E-state index in [9.17, 15) is 9.90 Å². The molecular weight excluding hydrogens is 352 g/mol. The number of benzene rings is 2. The van der Waals surface area contributed by atoms with E-state index in [0.29, 0.717) is 16.0 Å². The number of amides is 1. The number of aromatic hydroxyl groups is 1. The second-order valence-electron chi connectivity index (χ2n) is 4.47. The monoisotopic (exact) mass is 362 g/mol. The first-order valence-corrected chi connectivity index (χ1v) is 7.14. The lowest BCUT2D eigenvalue weighted by molar-refractivity contribution is 0.0952. The Morgan fingerprint density at radius 2 is 2.05 bits per heavy atom. The molecule has 2 aromatic carbocycles. The summed E-state index contributed by atoms with van der Waals surface area (Å²) >= 11 is 3.24. The highest BCUT2D eigenvalue weighted by Gasteiger charge is 2.13. The number of halogens is 1. The van der Waals surface area contributed by atoms with Gasteiger partial charge in [0.15, 0.2) is 11.5 Å². The molecule has 0 aromatic heterocycles. The Labute approximate surface area is 134 Å². The Morgan fingerprint density at radius 3 is 2.91 bits per heavy atom. The highest BCUT2D eigenvalue weighted by atomic mass is 79.9. The van der Waals surface area contributed by atoms with Crippen LogP contribution in [0.5, 0.6) is 17.2 Å². The summed E-state index contributed by atoms with van der Waals surface area (Å²) in [6.45, 7) is 0.203. The topological polar surface area (TPSA) is 80.2 Å². The van der Waals surface area contributed by atoms with Crippen LogP contribution in [0, 0.1) is 0 Å². The Bertz CT molecular complexity index is 761. The summed E-state index contributed by atoms with van der Waals surface area (Å²) in [6.07, 6.45) is 1.48. The number of nitrogens with zero attached hydrogens (tertiary/aromatic N) is 1. The molecule has 0 saturated carbocycles. The molecule has 22 heavy (non-hydrogen) atoms. The number of phenols is 1. The van der Waals surface area contributed by atoms with Crippen LogP contribution < -0.4 is 14.9 Å². The van der Waals surface area contributed by atoms with Crippen molar-refractivity contribution in [3.8, 4) is 17.2 Å². The molecule has 0 atom stereocenters. The highest BCUT2D eigenvalue weighted by Crippen LogP contribution is 2.31. The molecule has 1 aliphatic heterocycles. The lowest BCUT2D eigenvalue weighted by atomic mass is 10.2. The van der Waals surface area contributed by atoms with Gasteiger partial charge in [0, 0.05) is 4.47 Å². The summed E-state index contributed by atoms with van der Waals surface area (Å²) in [5, 5.41) is 13.5. The average Bonchev–Trinajstić information content (AvgIpc) is 2.97. The molecule has 0 aliphatic carbocycles. The minimum Gasteiger partial charge on any atom is -0.507 e. The predicted octanol–water partition coefficient (Wildman–Crippen LogP) is 2.65. The van der Waals surface area contributed by atoms with Crippen molar-refractivity contribution in [2.24, 2.45) is 5.10 Å². The van der Waals surface area contributed by atoms with Crippen LogP contribution in [0.4, 0.5) is 0 Å². The molecule has 0 unspecified atom stereocenters. The van der Waals surface area contributed by atoms with Crippen LogP contribution >= 0.6 is 15.9 Å². The number of rotatable bonds is 3. The third-order valence-electron chi connectivity index (χ3n) is 2.98. The van der Waals surface area contributed by atoms with Gasteiger partial charge in [-0.15, -0.1) is 0 Å². The van der Waals surface area contributed by atoms with Crippen LogP contribution in [-0.2, 0) is 0 Å². The third kappa shape index (κ3) is 3.04. The highest BCUT2D eigenvalue weighted by molar-refractivity contribution is 9.10. The summed E-state index contributed by atoms with van der Waals surface area (Å²) in [7, 11) is 0. The van der Waals surface area contributed by atoms with E-state index in [4.69, 9.17) is 9.47 Å². The Morgan fingerprint density at radius 1 is 1.23 bits per heavy atom. The van der Waals surface area contributed by atoms with Crippen molar-refractivity contribution in [1.29, 1.82) is 0 Å². The minimum atomic E-state index is -0.504. The first-order valence-electron chi connectivity index (χ1n) is 6.35. The number of ether oxygens (including phenoxy) is 2. The number of phenolic OH excluding ortho intramolecular Hbond substituents is 1. The van der Waals surface area contributed by atoms with Crippen molar-refractivity contribution in [3.05, 3.63) is 52.0 Å². The molecule has 1 aliphatic rings. The molecule has 1 heterocycles. The number of carbonyl (C=O) groups is 1. The normalized spacial score (nSPS) is 12.6. The van der Waals surface area contributed by atoms with E-state index >= 15 is 0 Å². The second kappa shape index (κ2) is 6.07. The first kappa shape index (κ1) is 14.4. The van der Waals surface area contributed by atoms with E-state index in [2.05, 4.69) is 26.5 Å². The van der Waals surface area contributed by atoms with Crippen LogP contribution in [0.3, 0.4) is 0 Å². The fraction of sp³-hybridized carbons (Fsp3) is 0.0667. The molecule has 112 valence electrons. The van der Waals surface area contributed by atoms with Gasteiger partial charge < -0.3 is 14.6 Å². The van der Waals surface area contributed by atoms with Gasteiger partial charge in [0.1, 0.15) is 5.75 Å². The van der Waals surface area contributed by atoms with E-state index in [0.717, 1.165) is 5.56 Å². The molecule has 0 bridgehead atoms. The van der Waals surface area contributed by atoms with Gasteiger partial charge in [0.2, 0.25) is 6.79 Å². The molecule has 1 amide bonds. The number of hydrogen-bond acceptors (Lipinski definition) is 5. The number of carbonyl (C=O) groups excluding carboxylic acids is 1. The Hall–Kier alpha value is -2.54. The molecule has 2 N–H and O–H groups in total. The van der Waals surface area contributed by atoms with Crippen molar-refractivity contribution >= 4 is 28.1 Å². The lowest BCUT2D eigenvalue weighted by Gasteiger charge is -2.03. The standard InChI is InChI=1S/C15H11BrN2O4/c16-10-2-3-12(19)11(6-10)15(20)18-17-7-9-1-4-13-14(5-9)22-8-21-13/h1-7,19H,8H2,(H,18,20)/b17-7-. The number of hydrazone groups is 1. The third-order valence-corrected chi connectivity index (χ3v) is 3.47. The zero-order valence-corrected chi connectivity index (χ0v) is 12.8. The van der Waals surface area contributed by atoms with Crippen molar-refractivity contribution in [3.63, 3.8) is 0 Å². The fourth-order valence-electron chi connectivity index (χ4n) is 1.91. The maximum Gasteiger partial charge on any atom is 0.275 e. The van der Waals surface area contributed by atoms with Crippen LogP contribution in [0.25, 0.3) is 0 Å². The van der Waals surface area contributed by atoms with Crippen LogP contribution in [0.15, 0.2) is 46.0 Å². The summed E-state index contributed by atoms with van der Waals surface area (Å²) < 4.78 is 11.2. The number of nitrogens with one attached hydrogen (secondary N) is 1. The van der Waals surface area contributed by atoms with Crippen molar-refractivity contribution in [2.75, 3.05) is 6.79 Å². The van der Waals surface area contributed by atoms with E-state index in [1.165, 1.54) is 18.3 Å². The summed E-state index contributed by atoms with van der Waals surface area (Å²) in [4.78, 5) is 11.9. The zero-order chi connectivity index (χ0) is 15.5. The molecule has 0 saturated heterocycles.